The van der Waals surface area contributed by atoms with Crippen LogP contribution in [0.3, 0.4) is 0 Å². The molecule has 0 saturated heterocycles. The number of carbonyl (C=O) groups is 1. The molecule has 0 spiro atoms. The Hall–Kier alpha value is -2.44. The molecule has 0 aliphatic rings. The highest BCUT2D eigenvalue weighted by atomic mass is 16.5. The van der Waals surface area contributed by atoms with E-state index in [1.54, 1.807) is 29.3 Å². The monoisotopic (exact) mass is 248 g/mol. The quantitative estimate of drug-likeness (QED) is 0.842. The minimum Gasteiger partial charge on any atom is -0.481 e. The van der Waals surface area contributed by atoms with Gasteiger partial charge in [-0.25, -0.2) is 9.97 Å². The number of aliphatic carboxylic acids is 1. The maximum Gasteiger partial charge on any atom is 0.316 e. The predicted octanol–water partition coefficient (Wildman–Crippen LogP) is 0.823. The van der Waals surface area contributed by atoms with Gasteiger partial charge in [0.15, 0.2) is 0 Å². The van der Waals surface area contributed by atoms with Gasteiger partial charge in [0.2, 0.25) is 0 Å². The smallest absolute Gasteiger partial charge is 0.316 e. The van der Waals surface area contributed by atoms with Crippen LogP contribution in [0.5, 0.6) is 6.01 Å². The molecule has 0 aliphatic carbocycles. The van der Waals surface area contributed by atoms with Crippen LogP contribution in [0.2, 0.25) is 0 Å². The molecule has 2 aromatic rings. The fourth-order valence-corrected chi connectivity index (χ4v) is 1.40. The molecule has 7 heteroatoms. The topological polar surface area (TPSA) is 90.1 Å². The van der Waals surface area contributed by atoms with Gasteiger partial charge in [0.05, 0.1) is 25.8 Å². The Balaban J connectivity index is 2.10. The molecular weight excluding hydrogens is 236 g/mol. The van der Waals surface area contributed by atoms with Gasteiger partial charge in [-0.1, -0.05) is 0 Å². The summed E-state index contributed by atoms with van der Waals surface area (Å²) < 4.78 is 6.44. The highest BCUT2D eigenvalue weighted by Gasteiger charge is 2.05. The fourth-order valence-electron chi connectivity index (χ4n) is 1.40. The van der Waals surface area contributed by atoms with E-state index in [2.05, 4.69) is 15.1 Å². The van der Waals surface area contributed by atoms with Crippen LogP contribution in [0.15, 0.2) is 24.7 Å². The van der Waals surface area contributed by atoms with Crippen LogP contribution < -0.4 is 4.74 Å². The first kappa shape index (κ1) is 12.0. The van der Waals surface area contributed by atoms with Gasteiger partial charge < -0.3 is 9.84 Å². The van der Waals surface area contributed by atoms with Crippen molar-refractivity contribution in [2.45, 2.75) is 13.0 Å². The zero-order valence-corrected chi connectivity index (χ0v) is 9.78. The van der Waals surface area contributed by atoms with Gasteiger partial charge >= 0.3 is 12.0 Å². The summed E-state index contributed by atoms with van der Waals surface area (Å²) in [6.07, 6.45) is 4.98. The van der Waals surface area contributed by atoms with Crippen molar-refractivity contribution in [1.29, 1.82) is 0 Å². The van der Waals surface area contributed by atoms with E-state index in [9.17, 15) is 4.79 Å². The van der Waals surface area contributed by atoms with Crippen molar-refractivity contribution < 1.29 is 14.6 Å². The molecule has 2 aromatic heterocycles. The number of methoxy groups -OCH3 is 1. The average Bonchev–Trinajstić information content (AvgIpc) is 2.85. The molecule has 0 fully saturated rings. The third kappa shape index (κ3) is 2.82. The second-order valence-electron chi connectivity index (χ2n) is 3.57. The molecule has 18 heavy (non-hydrogen) atoms. The Bertz CT molecular complexity index is 535. The van der Waals surface area contributed by atoms with E-state index in [-0.39, 0.29) is 6.42 Å². The summed E-state index contributed by atoms with van der Waals surface area (Å²) in [6.45, 7) is 0.340. The van der Waals surface area contributed by atoms with Crippen molar-refractivity contribution in [3.8, 4) is 17.3 Å². The Morgan fingerprint density at radius 2 is 2.17 bits per heavy atom. The molecule has 0 radical (unpaired) electrons. The van der Waals surface area contributed by atoms with E-state index in [0.29, 0.717) is 18.2 Å². The maximum atomic E-state index is 10.4. The van der Waals surface area contributed by atoms with Gasteiger partial charge in [0.1, 0.15) is 0 Å². The number of nitrogens with zero attached hydrogens (tertiary/aromatic N) is 4. The zero-order valence-electron chi connectivity index (χ0n) is 9.78. The molecule has 0 atom stereocenters. The van der Waals surface area contributed by atoms with Crippen molar-refractivity contribution >= 4 is 5.97 Å². The van der Waals surface area contributed by atoms with Crippen LogP contribution in [0.4, 0.5) is 0 Å². The minimum atomic E-state index is -0.847. The van der Waals surface area contributed by atoms with Gasteiger partial charge in [-0.05, 0) is 6.07 Å². The van der Waals surface area contributed by atoms with Crippen molar-refractivity contribution in [2.24, 2.45) is 0 Å². The van der Waals surface area contributed by atoms with Gasteiger partial charge in [0, 0.05) is 24.2 Å². The molecule has 2 heterocycles. The van der Waals surface area contributed by atoms with E-state index in [1.165, 1.54) is 7.11 Å². The summed E-state index contributed by atoms with van der Waals surface area (Å²) in [7, 11) is 1.50. The lowest BCUT2D eigenvalue weighted by atomic mass is 10.2. The van der Waals surface area contributed by atoms with Crippen LogP contribution in [0, 0.1) is 0 Å². The lowest BCUT2D eigenvalue weighted by molar-refractivity contribution is -0.137. The van der Waals surface area contributed by atoms with Crippen LogP contribution in [-0.2, 0) is 11.3 Å². The van der Waals surface area contributed by atoms with Gasteiger partial charge in [0.25, 0.3) is 0 Å². The Labute approximate surface area is 103 Å². The summed E-state index contributed by atoms with van der Waals surface area (Å²) >= 11 is 0. The normalized spacial score (nSPS) is 10.3. The first-order valence-corrected chi connectivity index (χ1v) is 5.30. The second kappa shape index (κ2) is 5.26. The number of hydrogen-bond donors (Lipinski definition) is 1. The first-order chi connectivity index (χ1) is 8.69. The molecular formula is C11H12N4O3. The molecule has 0 aromatic carbocycles. The Morgan fingerprint density at radius 1 is 1.44 bits per heavy atom. The third-order valence-electron chi connectivity index (χ3n) is 2.30. The number of ether oxygens (including phenoxy) is 1. The summed E-state index contributed by atoms with van der Waals surface area (Å²) in [5.74, 6) is -0.847. The number of aromatic nitrogens is 4. The molecule has 2 rings (SSSR count). The van der Waals surface area contributed by atoms with Crippen LogP contribution in [-0.4, -0.2) is 37.9 Å². The van der Waals surface area contributed by atoms with E-state index in [0.717, 1.165) is 5.56 Å². The second-order valence-corrected chi connectivity index (χ2v) is 3.57. The largest absolute Gasteiger partial charge is 0.481 e. The summed E-state index contributed by atoms with van der Waals surface area (Å²) in [6, 6.07) is 2.08. The number of hydrogen-bond acceptors (Lipinski definition) is 5. The van der Waals surface area contributed by atoms with Gasteiger partial charge in [-0.3, -0.25) is 9.48 Å². The minimum absolute atomic E-state index is 0.0419. The highest BCUT2D eigenvalue weighted by Crippen LogP contribution is 2.15. The Kier molecular flexibility index (Phi) is 3.52. The third-order valence-corrected chi connectivity index (χ3v) is 2.30. The summed E-state index contributed by atoms with van der Waals surface area (Å²) in [5.41, 5.74) is 1.45. The fraction of sp³-hybridized carbons (Fsp3) is 0.273. The van der Waals surface area contributed by atoms with E-state index >= 15 is 0 Å². The number of carboxylic acid groups (broad SMARTS) is 1. The Morgan fingerprint density at radius 3 is 2.78 bits per heavy atom. The van der Waals surface area contributed by atoms with Gasteiger partial charge in [-0.2, -0.15) is 5.10 Å². The first-order valence-electron chi connectivity index (χ1n) is 5.30. The van der Waals surface area contributed by atoms with E-state index in [4.69, 9.17) is 9.84 Å². The number of rotatable bonds is 5. The lowest BCUT2D eigenvalue weighted by Crippen LogP contribution is -2.04. The molecule has 7 nitrogen and oxygen atoms in total. The number of carboxylic acids is 1. The molecule has 0 saturated carbocycles. The SMILES string of the molecule is COc1ncc(-c2ccn(CCC(=O)O)n2)cn1. The van der Waals surface area contributed by atoms with Crippen molar-refractivity contribution in [2.75, 3.05) is 7.11 Å². The standard InChI is InChI=1S/C11H12N4O3/c1-18-11-12-6-8(7-13-11)9-2-4-15(14-9)5-3-10(16)17/h2,4,6-7H,3,5H2,1H3,(H,16,17). The maximum absolute atomic E-state index is 10.4. The summed E-state index contributed by atoms with van der Waals surface area (Å²) in [5, 5.41) is 12.8. The molecule has 0 amide bonds. The zero-order chi connectivity index (χ0) is 13.0. The van der Waals surface area contributed by atoms with E-state index < -0.39 is 5.97 Å². The van der Waals surface area contributed by atoms with Crippen LogP contribution in [0.25, 0.3) is 11.3 Å². The summed E-state index contributed by atoms with van der Waals surface area (Å²) in [4.78, 5) is 18.4. The predicted molar refractivity (Wildman–Crippen MR) is 62.1 cm³/mol. The van der Waals surface area contributed by atoms with Crippen molar-refractivity contribution in [3.05, 3.63) is 24.7 Å². The highest BCUT2D eigenvalue weighted by molar-refractivity contribution is 5.66. The average molecular weight is 248 g/mol. The van der Waals surface area contributed by atoms with Crippen molar-refractivity contribution in [1.82, 2.24) is 19.7 Å². The van der Waals surface area contributed by atoms with Gasteiger partial charge in [-0.15, -0.1) is 0 Å². The molecule has 1 N–H and O–H groups in total. The lowest BCUT2D eigenvalue weighted by Gasteiger charge is -1.99. The van der Waals surface area contributed by atoms with Crippen molar-refractivity contribution in [3.63, 3.8) is 0 Å². The van der Waals surface area contributed by atoms with E-state index in [1.807, 2.05) is 0 Å². The molecule has 94 valence electrons. The van der Waals surface area contributed by atoms with Crippen LogP contribution >= 0.6 is 0 Å². The molecule has 0 aliphatic heterocycles. The molecule has 0 unspecified atom stereocenters. The molecule has 0 bridgehead atoms. The van der Waals surface area contributed by atoms with Crippen LogP contribution in [0.1, 0.15) is 6.42 Å². The number of aryl methyl sites for hydroxylation is 1.